The van der Waals surface area contributed by atoms with E-state index in [0.29, 0.717) is 12.5 Å². The second-order valence-corrected chi connectivity index (χ2v) is 4.42. The van der Waals surface area contributed by atoms with Gasteiger partial charge >= 0.3 is 0 Å². The minimum absolute atomic E-state index is 0.555. The molecule has 100 valence electrons. The van der Waals surface area contributed by atoms with Gasteiger partial charge in [0.1, 0.15) is 6.61 Å². The number of ether oxygens (including phenoxy) is 1. The molecular weight excluding hydrogens is 236 g/mol. The molecule has 0 saturated heterocycles. The lowest BCUT2D eigenvalue weighted by atomic mass is 10.2. The standard InChI is InChI=1S/C16H20N2O/c1-2-11-17-12-15-9-6-10-16(18-15)19-13-14-7-4-3-5-8-14/h3-10,17H,2,11-13H2,1H3. The lowest BCUT2D eigenvalue weighted by Crippen LogP contribution is -2.14. The molecule has 1 N–H and O–H groups in total. The highest BCUT2D eigenvalue weighted by atomic mass is 16.5. The van der Waals surface area contributed by atoms with Gasteiger partial charge in [0, 0.05) is 12.6 Å². The highest BCUT2D eigenvalue weighted by Gasteiger charge is 1.99. The Morgan fingerprint density at radius 2 is 1.89 bits per heavy atom. The Kier molecular flexibility index (Phi) is 5.38. The van der Waals surface area contributed by atoms with E-state index in [1.807, 2.05) is 48.5 Å². The molecule has 0 unspecified atom stereocenters. The second kappa shape index (κ2) is 7.54. The van der Waals surface area contributed by atoms with Crippen molar-refractivity contribution in [3.8, 4) is 5.88 Å². The van der Waals surface area contributed by atoms with Crippen molar-refractivity contribution < 1.29 is 4.74 Å². The minimum atomic E-state index is 0.555. The van der Waals surface area contributed by atoms with Crippen molar-refractivity contribution in [2.45, 2.75) is 26.5 Å². The summed E-state index contributed by atoms with van der Waals surface area (Å²) in [6, 6.07) is 16.0. The monoisotopic (exact) mass is 256 g/mol. The van der Waals surface area contributed by atoms with Gasteiger partial charge in [0.2, 0.25) is 5.88 Å². The van der Waals surface area contributed by atoms with Gasteiger partial charge in [0.25, 0.3) is 0 Å². The molecule has 0 bridgehead atoms. The third kappa shape index (κ3) is 4.72. The highest BCUT2D eigenvalue weighted by molar-refractivity contribution is 5.18. The van der Waals surface area contributed by atoms with Crippen LogP contribution < -0.4 is 10.1 Å². The van der Waals surface area contributed by atoms with Gasteiger partial charge in [-0.3, -0.25) is 0 Å². The largest absolute Gasteiger partial charge is 0.473 e. The van der Waals surface area contributed by atoms with Gasteiger partial charge in [-0.15, -0.1) is 0 Å². The van der Waals surface area contributed by atoms with E-state index in [9.17, 15) is 0 Å². The number of nitrogens with zero attached hydrogens (tertiary/aromatic N) is 1. The molecule has 0 aliphatic carbocycles. The maximum atomic E-state index is 5.70. The van der Waals surface area contributed by atoms with Crippen molar-refractivity contribution in [3.63, 3.8) is 0 Å². The molecular formula is C16H20N2O. The van der Waals surface area contributed by atoms with E-state index >= 15 is 0 Å². The molecule has 0 amide bonds. The molecule has 3 heteroatoms. The molecule has 1 heterocycles. The smallest absolute Gasteiger partial charge is 0.213 e. The van der Waals surface area contributed by atoms with Crippen LogP contribution in [0.4, 0.5) is 0 Å². The highest BCUT2D eigenvalue weighted by Crippen LogP contribution is 2.10. The summed E-state index contributed by atoms with van der Waals surface area (Å²) in [6.45, 7) is 4.51. The molecule has 19 heavy (non-hydrogen) atoms. The predicted molar refractivity (Wildman–Crippen MR) is 77.0 cm³/mol. The van der Waals surface area contributed by atoms with Crippen molar-refractivity contribution >= 4 is 0 Å². The van der Waals surface area contributed by atoms with E-state index in [-0.39, 0.29) is 0 Å². The Balaban J connectivity index is 1.88. The van der Waals surface area contributed by atoms with Gasteiger partial charge in [-0.1, -0.05) is 43.3 Å². The van der Waals surface area contributed by atoms with Crippen LogP contribution in [0.5, 0.6) is 5.88 Å². The molecule has 0 atom stereocenters. The minimum Gasteiger partial charge on any atom is -0.473 e. The zero-order valence-electron chi connectivity index (χ0n) is 11.3. The maximum absolute atomic E-state index is 5.70. The summed E-state index contributed by atoms with van der Waals surface area (Å²) in [4.78, 5) is 4.47. The van der Waals surface area contributed by atoms with Crippen LogP contribution in [0.15, 0.2) is 48.5 Å². The van der Waals surface area contributed by atoms with Crippen LogP contribution >= 0.6 is 0 Å². The molecule has 1 aromatic carbocycles. The molecule has 0 saturated carbocycles. The van der Waals surface area contributed by atoms with Crippen molar-refractivity contribution in [2.75, 3.05) is 6.54 Å². The molecule has 0 aliphatic rings. The Morgan fingerprint density at radius 3 is 2.68 bits per heavy atom. The Labute approximate surface area is 114 Å². The van der Waals surface area contributed by atoms with Crippen molar-refractivity contribution in [1.82, 2.24) is 10.3 Å². The molecule has 0 aliphatic heterocycles. The summed E-state index contributed by atoms with van der Waals surface area (Å²) in [7, 11) is 0. The number of benzene rings is 1. The van der Waals surface area contributed by atoms with E-state index in [4.69, 9.17) is 4.74 Å². The van der Waals surface area contributed by atoms with Gasteiger partial charge in [-0.2, -0.15) is 0 Å². The molecule has 0 spiro atoms. The summed E-state index contributed by atoms with van der Waals surface area (Å²) < 4.78 is 5.70. The maximum Gasteiger partial charge on any atom is 0.213 e. The molecule has 2 aromatic rings. The van der Waals surface area contributed by atoms with Crippen LogP contribution in [0.1, 0.15) is 24.6 Å². The fraction of sp³-hybridized carbons (Fsp3) is 0.312. The molecule has 1 aromatic heterocycles. The predicted octanol–water partition coefficient (Wildman–Crippen LogP) is 3.16. The normalized spacial score (nSPS) is 10.4. The first-order chi connectivity index (χ1) is 9.38. The van der Waals surface area contributed by atoms with E-state index < -0.39 is 0 Å². The van der Waals surface area contributed by atoms with Crippen molar-refractivity contribution in [2.24, 2.45) is 0 Å². The molecule has 0 radical (unpaired) electrons. The van der Waals surface area contributed by atoms with Crippen LogP contribution in [0.3, 0.4) is 0 Å². The number of rotatable bonds is 7. The summed E-state index contributed by atoms with van der Waals surface area (Å²) in [6.07, 6.45) is 1.13. The number of hydrogen-bond donors (Lipinski definition) is 1. The Hall–Kier alpha value is -1.87. The Morgan fingerprint density at radius 1 is 1.05 bits per heavy atom. The van der Waals surface area contributed by atoms with E-state index in [2.05, 4.69) is 17.2 Å². The number of hydrogen-bond acceptors (Lipinski definition) is 3. The summed E-state index contributed by atoms with van der Waals surface area (Å²) in [5, 5.41) is 3.33. The quantitative estimate of drug-likeness (QED) is 0.773. The SMILES string of the molecule is CCCNCc1cccc(OCc2ccccc2)n1. The number of aromatic nitrogens is 1. The Bertz CT molecular complexity index is 485. The topological polar surface area (TPSA) is 34.1 Å². The summed E-state index contributed by atoms with van der Waals surface area (Å²) in [5.41, 5.74) is 2.16. The van der Waals surface area contributed by atoms with E-state index in [0.717, 1.165) is 30.8 Å². The number of pyridine rings is 1. The van der Waals surface area contributed by atoms with Gasteiger partial charge in [-0.25, -0.2) is 4.98 Å². The van der Waals surface area contributed by atoms with Crippen LogP contribution in [0.2, 0.25) is 0 Å². The first-order valence-corrected chi connectivity index (χ1v) is 6.72. The molecule has 3 nitrogen and oxygen atoms in total. The lowest BCUT2D eigenvalue weighted by Gasteiger charge is -2.07. The van der Waals surface area contributed by atoms with Crippen LogP contribution in [-0.4, -0.2) is 11.5 Å². The van der Waals surface area contributed by atoms with Gasteiger partial charge in [-0.05, 0) is 24.6 Å². The lowest BCUT2D eigenvalue weighted by molar-refractivity contribution is 0.293. The summed E-state index contributed by atoms with van der Waals surface area (Å²) in [5.74, 6) is 0.680. The third-order valence-corrected chi connectivity index (χ3v) is 2.74. The first-order valence-electron chi connectivity index (χ1n) is 6.72. The van der Waals surface area contributed by atoms with Crippen molar-refractivity contribution in [3.05, 3.63) is 59.8 Å². The number of nitrogens with one attached hydrogen (secondary N) is 1. The summed E-state index contributed by atoms with van der Waals surface area (Å²) >= 11 is 0. The fourth-order valence-electron chi connectivity index (χ4n) is 1.76. The zero-order chi connectivity index (χ0) is 13.3. The van der Waals surface area contributed by atoms with Gasteiger partial charge < -0.3 is 10.1 Å². The van der Waals surface area contributed by atoms with Crippen LogP contribution in [0, 0.1) is 0 Å². The zero-order valence-corrected chi connectivity index (χ0v) is 11.3. The van der Waals surface area contributed by atoms with E-state index in [1.54, 1.807) is 0 Å². The van der Waals surface area contributed by atoms with Gasteiger partial charge in [0.15, 0.2) is 0 Å². The van der Waals surface area contributed by atoms with Crippen molar-refractivity contribution in [1.29, 1.82) is 0 Å². The molecule has 2 rings (SSSR count). The van der Waals surface area contributed by atoms with E-state index in [1.165, 1.54) is 0 Å². The first kappa shape index (κ1) is 13.6. The third-order valence-electron chi connectivity index (χ3n) is 2.74. The second-order valence-electron chi connectivity index (χ2n) is 4.42. The van der Waals surface area contributed by atoms with Gasteiger partial charge in [0.05, 0.1) is 5.69 Å². The van der Waals surface area contributed by atoms with Crippen LogP contribution in [-0.2, 0) is 13.2 Å². The average Bonchev–Trinajstić information content (AvgIpc) is 2.47. The fourth-order valence-corrected chi connectivity index (χ4v) is 1.76. The van der Waals surface area contributed by atoms with Crippen LogP contribution in [0.25, 0.3) is 0 Å². The average molecular weight is 256 g/mol. The molecule has 0 fully saturated rings.